The number of phenols is 1. The van der Waals surface area contributed by atoms with Gasteiger partial charge >= 0.3 is 0 Å². The van der Waals surface area contributed by atoms with Gasteiger partial charge in [0.25, 0.3) is 4.84 Å². The summed E-state index contributed by atoms with van der Waals surface area (Å²) in [7, 11) is 0. The quantitative estimate of drug-likeness (QED) is 0.433. The number of aromatic nitrogens is 1. The number of hydrogen-bond acceptors (Lipinski definition) is 4. The van der Waals surface area contributed by atoms with E-state index >= 15 is 0 Å². The van der Waals surface area contributed by atoms with Crippen molar-refractivity contribution in [1.29, 1.82) is 0 Å². The second-order valence-electron chi connectivity index (χ2n) is 3.69. The minimum absolute atomic E-state index is 0.270. The summed E-state index contributed by atoms with van der Waals surface area (Å²) in [6.07, 6.45) is 3.50. The maximum absolute atomic E-state index is 9.53. The Balaban J connectivity index is 1.77. The molecular weight excluding hydrogens is 236 g/mol. The highest BCUT2D eigenvalue weighted by molar-refractivity contribution is 7.71. The van der Waals surface area contributed by atoms with Gasteiger partial charge in [-0.3, -0.25) is 0 Å². The van der Waals surface area contributed by atoms with Crippen molar-refractivity contribution in [2.24, 2.45) is 0 Å². The van der Waals surface area contributed by atoms with Crippen LogP contribution in [0, 0.1) is 4.84 Å². The lowest BCUT2D eigenvalue weighted by Crippen LogP contribution is -2.02. The minimum Gasteiger partial charge on any atom is -0.506 e. The van der Waals surface area contributed by atoms with Gasteiger partial charge in [-0.25, -0.2) is 0 Å². The molecule has 0 aliphatic carbocycles. The first kappa shape index (κ1) is 11.7. The Bertz CT molecular complexity index is 533. The molecule has 4 nitrogen and oxygen atoms in total. The van der Waals surface area contributed by atoms with Gasteiger partial charge in [-0.2, -0.15) is 0 Å². The number of H-pyrrole nitrogens is 1. The largest absolute Gasteiger partial charge is 0.506 e. The summed E-state index contributed by atoms with van der Waals surface area (Å²) in [5.74, 6) is 1.13. The van der Waals surface area contributed by atoms with E-state index in [-0.39, 0.29) is 5.75 Å². The molecule has 0 unspecified atom stereocenters. The normalized spacial score (nSPS) is 10.4. The van der Waals surface area contributed by atoms with Crippen LogP contribution in [0.15, 0.2) is 34.9 Å². The molecule has 0 saturated carbocycles. The zero-order valence-corrected chi connectivity index (χ0v) is 10.1. The van der Waals surface area contributed by atoms with Crippen LogP contribution in [0.4, 0.5) is 5.69 Å². The summed E-state index contributed by atoms with van der Waals surface area (Å²) in [4.78, 5) is 3.23. The molecule has 3 N–H and O–H groups in total. The van der Waals surface area contributed by atoms with Crippen LogP contribution < -0.4 is 5.32 Å². The summed E-state index contributed by atoms with van der Waals surface area (Å²) in [5.41, 5.74) is 0.752. The Hall–Kier alpha value is -1.75. The van der Waals surface area contributed by atoms with E-state index < -0.39 is 0 Å². The van der Waals surface area contributed by atoms with Gasteiger partial charge < -0.3 is 19.8 Å². The fourth-order valence-electron chi connectivity index (χ4n) is 1.55. The van der Waals surface area contributed by atoms with Gasteiger partial charge in [0.05, 0.1) is 5.69 Å². The number of anilines is 1. The summed E-state index contributed by atoms with van der Waals surface area (Å²) < 4.78 is 5.24. The molecule has 17 heavy (non-hydrogen) atoms. The number of hydrogen-bond donors (Lipinski definition) is 3. The lowest BCUT2D eigenvalue weighted by Gasteiger charge is -2.06. The lowest BCUT2D eigenvalue weighted by atomic mass is 10.2. The first-order valence-corrected chi connectivity index (χ1v) is 5.86. The van der Waals surface area contributed by atoms with Crippen LogP contribution in [-0.2, 0) is 6.42 Å². The molecule has 1 heterocycles. The summed E-state index contributed by atoms with van der Waals surface area (Å²) in [6.45, 7) is 0.769. The van der Waals surface area contributed by atoms with Crippen LogP contribution in [0.5, 0.6) is 5.75 Å². The number of oxazole rings is 1. The summed E-state index contributed by atoms with van der Waals surface area (Å²) in [5, 5.41) is 12.7. The zero-order valence-electron chi connectivity index (χ0n) is 9.27. The summed E-state index contributed by atoms with van der Waals surface area (Å²) >= 11 is 4.83. The molecule has 0 aliphatic rings. The van der Waals surface area contributed by atoms with Crippen molar-refractivity contribution in [3.8, 4) is 5.75 Å². The van der Waals surface area contributed by atoms with E-state index in [2.05, 4.69) is 10.3 Å². The third kappa shape index (κ3) is 3.35. The van der Waals surface area contributed by atoms with Gasteiger partial charge in [0.15, 0.2) is 0 Å². The monoisotopic (exact) mass is 250 g/mol. The second kappa shape index (κ2) is 5.54. The van der Waals surface area contributed by atoms with E-state index in [1.165, 1.54) is 0 Å². The van der Waals surface area contributed by atoms with Crippen LogP contribution in [0.2, 0.25) is 0 Å². The molecule has 2 rings (SSSR count). The van der Waals surface area contributed by atoms with Gasteiger partial charge in [0, 0.05) is 19.2 Å². The van der Waals surface area contributed by atoms with Crippen molar-refractivity contribution in [3.63, 3.8) is 0 Å². The van der Waals surface area contributed by atoms with Gasteiger partial charge in [-0.1, -0.05) is 12.1 Å². The topological polar surface area (TPSA) is 61.2 Å². The number of aromatic amines is 1. The number of aromatic hydroxyl groups is 1. The smallest absolute Gasteiger partial charge is 0.266 e. The third-order valence-corrected chi connectivity index (χ3v) is 2.60. The van der Waals surface area contributed by atoms with Crippen molar-refractivity contribution in [2.75, 3.05) is 11.9 Å². The highest BCUT2D eigenvalue weighted by atomic mass is 32.1. The maximum atomic E-state index is 9.53. The molecule has 0 radical (unpaired) electrons. The van der Waals surface area contributed by atoms with Crippen LogP contribution in [-0.4, -0.2) is 16.6 Å². The molecule has 0 fully saturated rings. The number of nitrogens with one attached hydrogen (secondary N) is 2. The molecule has 0 bridgehead atoms. The van der Waals surface area contributed by atoms with Gasteiger partial charge in [0.2, 0.25) is 0 Å². The number of phenolic OH excluding ortho intramolecular Hbond substituents is 1. The Morgan fingerprint density at radius 3 is 2.88 bits per heavy atom. The van der Waals surface area contributed by atoms with Crippen LogP contribution >= 0.6 is 12.2 Å². The van der Waals surface area contributed by atoms with Crippen molar-refractivity contribution in [2.45, 2.75) is 12.8 Å². The van der Waals surface area contributed by atoms with Gasteiger partial charge in [0.1, 0.15) is 11.5 Å². The third-order valence-electron chi connectivity index (χ3n) is 2.39. The predicted molar refractivity (Wildman–Crippen MR) is 68.8 cm³/mol. The molecule has 0 amide bonds. The molecule has 5 heteroatoms. The Morgan fingerprint density at radius 1 is 1.35 bits per heavy atom. The highest BCUT2D eigenvalue weighted by Crippen LogP contribution is 2.21. The lowest BCUT2D eigenvalue weighted by molar-refractivity contribution is 0.476. The zero-order chi connectivity index (χ0) is 12.1. The van der Waals surface area contributed by atoms with Gasteiger partial charge in [-0.15, -0.1) is 0 Å². The Kier molecular flexibility index (Phi) is 3.82. The Morgan fingerprint density at radius 2 is 2.18 bits per heavy atom. The highest BCUT2D eigenvalue weighted by Gasteiger charge is 1.99. The molecule has 0 atom stereocenters. The fourth-order valence-corrected chi connectivity index (χ4v) is 1.72. The van der Waals surface area contributed by atoms with E-state index in [1.54, 1.807) is 18.3 Å². The number of para-hydroxylation sites is 2. The number of benzene rings is 1. The fraction of sp³-hybridized carbons (Fsp3) is 0.250. The minimum atomic E-state index is 0.270. The molecule has 0 aliphatic heterocycles. The van der Waals surface area contributed by atoms with E-state index in [1.807, 2.05) is 12.1 Å². The molecule has 90 valence electrons. The number of rotatable bonds is 5. The molecule has 1 aromatic carbocycles. The number of aryl methyl sites for hydroxylation is 1. The van der Waals surface area contributed by atoms with Crippen molar-refractivity contribution >= 4 is 17.9 Å². The van der Waals surface area contributed by atoms with Crippen molar-refractivity contribution in [1.82, 2.24) is 4.98 Å². The van der Waals surface area contributed by atoms with E-state index in [0.29, 0.717) is 4.84 Å². The van der Waals surface area contributed by atoms with Crippen LogP contribution in [0.1, 0.15) is 12.2 Å². The van der Waals surface area contributed by atoms with Crippen LogP contribution in [0.3, 0.4) is 0 Å². The molecule has 2 aromatic rings. The SMILES string of the molecule is Oc1ccccc1NCCCc1c[nH]c(=S)o1. The van der Waals surface area contributed by atoms with E-state index in [0.717, 1.165) is 30.8 Å². The first-order chi connectivity index (χ1) is 8.25. The van der Waals surface area contributed by atoms with Crippen molar-refractivity contribution < 1.29 is 9.52 Å². The average Bonchev–Trinajstić information content (AvgIpc) is 2.73. The molecule has 1 aromatic heterocycles. The molecule has 0 saturated heterocycles. The molecule has 0 spiro atoms. The van der Waals surface area contributed by atoms with Crippen LogP contribution in [0.25, 0.3) is 0 Å². The Labute approximate surface area is 104 Å². The average molecular weight is 250 g/mol. The first-order valence-electron chi connectivity index (χ1n) is 5.45. The maximum Gasteiger partial charge on any atom is 0.266 e. The second-order valence-corrected chi connectivity index (χ2v) is 4.06. The van der Waals surface area contributed by atoms with Gasteiger partial charge in [-0.05, 0) is 30.8 Å². The molecular formula is C12H14N2O2S. The predicted octanol–water partition coefficient (Wildman–Crippen LogP) is 3.09. The van der Waals surface area contributed by atoms with E-state index in [9.17, 15) is 5.11 Å². The van der Waals surface area contributed by atoms with E-state index in [4.69, 9.17) is 16.6 Å². The van der Waals surface area contributed by atoms with Crippen molar-refractivity contribution in [3.05, 3.63) is 41.1 Å². The summed E-state index contributed by atoms with van der Waals surface area (Å²) in [6, 6.07) is 7.18. The standard InChI is InChI=1S/C12H14N2O2S/c15-11-6-2-1-5-10(11)13-7-3-4-9-8-14-12(17)16-9/h1-2,5-6,8,13,15H,3-4,7H2,(H,14,17).